The van der Waals surface area contributed by atoms with E-state index in [1.165, 1.54) is 12.1 Å². The highest BCUT2D eigenvalue weighted by molar-refractivity contribution is 6.31. The molecule has 5 nitrogen and oxygen atoms in total. The number of hydrogen-bond acceptors (Lipinski definition) is 4. The number of rotatable bonds is 4. The number of methoxy groups -OCH3 is 1. The number of nitrogens with two attached hydrogens (primary N) is 1. The molecule has 2 aromatic carbocycles. The number of halogens is 1. The van der Waals surface area contributed by atoms with Gasteiger partial charge in [0.25, 0.3) is 0 Å². The molecule has 21 heavy (non-hydrogen) atoms. The highest BCUT2D eigenvalue weighted by Gasteiger charge is 2.10. The molecule has 110 valence electrons. The highest BCUT2D eigenvalue weighted by atomic mass is 35.5. The maximum atomic E-state index is 10.9. The van der Waals surface area contributed by atoms with Gasteiger partial charge in [-0.05, 0) is 36.8 Å². The van der Waals surface area contributed by atoms with Crippen LogP contribution in [-0.2, 0) is 0 Å². The molecular weight excluding hydrogens is 292 g/mol. The van der Waals surface area contributed by atoms with Crippen LogP contribution in [0.2, 0.25) is 5.02 Å². The van der Waals surface area contributed by atoms with E-state index in [2.05, 4.69) is 5.32 Å². The average molecular weight is 307 g/mol. The first-order valence-electron chi connectivity index (χ1n) is 6.16. The zero-order valence-electron chi connectivity index (χ0n) is 11.6. The SMILES string of the molecule is COc1cc(Cl)c(C)cc1Nc1ccc(C(=O)O)cc1N. The van der Waals surface area contributed by atoms with Gasteiger partial charge in [-0.15, -0.1) is 0 Å². The summed E-state index contributed by atoms with van der Waals surface area (Å²) in [5.74, 6) is -0.444. The Morgan fingerprint density at radius 1 is 1.29 bits per heavy atom. The number of benzene rings is 2. The largest absolute Gasteiger partial charge is 0.495 e. The van der Waals surface area contributed by atoms with Gasteiger partial charge in [0.1, 0.15) is 5.75 Å². The zero-order valence-corrected chi connectivity index (χ0v) is 12.4. The summed E-state index contributed by atoms with van der Waals surface area (Å²) in [5, 5.41) is 12.7. The van der Waals surface area contributed by atoms with Gasteiger partial charge >= 0.3 is 5.97 Å². The summed E-state index contributed by atoms with van der Waals surface area (Å²) >= 11 is 6.06. The molecule has 0 spiro atoms. The van der Waals surface area contributed by atoms with Crippen LogP contribution < -0.4 is 15.8 Å². The minimum Gasteiger partial charge on any atom is -0.495 e. The molecule has 0 saturated heterocycles. The predicted octanol–water partition coefficient (Wildman–Crippen LogP) is 3.68. The van der Waals surface area contributed by atoms with Crippen LogP contribution in [0.5, 0.6) is 5.75 Å². The fourth-order valence-electron chi connectivity index (χ4n) is 1.88. The number of carboxylic acid groups (broad SMARTS) is 1. The van der Waals surface area contributed by atoms with Crippen LogP contribution in [0, 0.1) is 6.92 Å². The Hall–Kier alpha value is -2.40. The summed E-state index contributed by atoms with van der Waals surface area (Å²) in [5.41, 5.74) is 8.54. The van der Waals surface area contributed by atoms with Crippen LogP contribution in [0.4, 0.5) is 17.1 Å². The first kappa shape index (κ1) is 15.0. The lowest BCUT2D eigenvalue weighted by molar-refractivity contribution is 0.0697. The van der Waals surface area contributed by atoms with E-state index in [1.807, 2.05) is 13.0 Å². The summed E-state index contributed by atoms with van der Waals surface area (Å²) in [7, 11) is 1.54. The minimum atomic E-state index is -1.02. The van der Waals surface area contributed by atoms with Crippen molar-refractivity contribution in [3.05, 3.63) is 46.5 Å². The zero-order chi connectivity index (χ0) is 15.6. The monoisotopic (exact) mass is 306 g/mol. The van der Waals surface area contributed by atoms with Gasteiger partial charge in [-0.1, -0.05) is 11.6 Å². The molecule has 0 atom stereocenters. The lowest BCUT2D eigenvalue weighted by Gasteiger charge is -2.15. The molecule has 0 bridgehead atoms. The van der Waals surface area contributed by atoms with E-state index >= 15 is 0 Å². The number of ether oxygens (including phenoxy) is 1. The van der Waals surface area contributed by atoms with Crippen molar-refractivity contribution in [2.24, 2.45) is 0 Å². The second kappa shape index (κ2) is 5.93. The third-order valence-electron chi connectivity index (χ3n) is 3.05. The molecule has 0 amide bonds. The molecule has 0 heterocycles. The van der Waals surface area contributed by atoms with Crippen molar-refractivity contribution in [1.29, 1.82) is 0 Å². The number of anilines is 3. The lowest BCUT2D eigenvalue weighted by atomic mass is 10.1. The molecule has 0 radical (unpaired) electrons. The summed E-state index contributed by atoms with van der Waals surface area (Å²) in [6, 6.07) is 8.05. The maximum absolute atomic E-state index is 10.9. The third-order valence-corrected chi connectivity index (χ3v) is 3.46. The summed E-state index contributed by atoms with van der Waals surface area (Å²) in [6.45, 7) is 1.88. The van der Waals surface area contributed by atoms with Crippen molar-refractivity contribution in [3.8, 4) is 5.75 Å². The van der Waals surface area contributed by atoms with Crippen molar-refractivity contribution < 1.29 is 14.6 Å². The third kappa shape index (κ3) is 3.20. The fourth-order valence-corrected chi connectivity index (χ4v) is 2.04. The molecule has 0 aliphatic rings. The van der Waals surface area contributed by atoms with E-state index in [0.717, 1.165) is 5.56 Å². The van der Waals surface area contributed by atoms with Gasteiger partial charge in [0.2, 0.25) is 0 Å². The standard InChI is InChI=1S/C15H15ClN2O3/c1-8-5-13(14(21-2)7-10(8)16)18-12-4-3-9(15(19)20)6-11(12)17/h3-7,18H,17H2,1-2H3,(H,19,20). The Labute approximate surface area is 127 Å². The molecule has 0 unspecified atom stereocenters. The van der Waals surface area contributed by atoms with Crippen LogP contribution in [-0.4, -0.2) is 18.2 Å². The number of nitrogens with one attached hydrogen (secondary N) is 1. The van der Waals surface area contributed by atoms with Gasteiger partial charge in [-0.25, -0.2) is 4.79 Å². The molecule has 0 aliphatic carbocycles. The molecule has 2 rings (SSSR count). The number of aromatic carboxylic acids is 1. The predicted molar refractivity (Wildman–Crippen MR) is 83.8 cm³/mol. The van der Waals surface area contributed by atoms with E-state index in [9.17, 15) is 4.79 Å². The number of aryl methyl sites for hydroxylation is 1. The van der Waals surface area contributed by atoms with Gasteiger partial charge in [-0.3, -0.25) is 0 Å². The van der Waals surface area contributed by atoms with E-state index in [4.69, 9.17) is 27.2 Å². The summed E-state index contributed by atoms with van der Waals surface area (Å²) in [6.07, 6.45) is 0. The number of carboxylic acids is 1. The molecular formula is C15H15ClN2O3. The summed E-state index contributed by atoms with van der Waals surface area (Å²) in [4.78, 5) is 10.9. The molecule has 0 aliphatic heterocycles. The molecule has 4 N–H and O–H groups in total. The van der Waals surface area contributed by atoms with Crippen molar-refractivity contribution in [2.45, 2.75) is 6.92 Å². The van der Waals surface area contributed by atoms with Gasteiger partial charge in [-0.2, -0.15) is 0 Å². The van der Waals surface area contributed by atoms with Crippen molar-refractivity contribution in [1.82, 2.24) is 0 Å². The first-order valence-corrected chi connectivity index (χ1v) is 6.54. The number of hydrogen-bond donors (Lipinski definition) is 3. The van der Waals surface area contributed by atoms with Gasteiger partial charge in [0, 0.05) is 11.1 Å². The fraction of sp³-hybridized carbons (Fsp3) is 0.133. The van der Waals surface area contributed by atoms with Crippen LogP contribution in [0.15, 0.2) is 30.3 Å². The van der Waals surface area contributed by atoms with Crippen molar-refractivity contribution in [2.75, 3.05) is 18.2 Å². The van der Waals surface area contributed by atoms with Gasteiger partial charge in [0.05, 0.1) is 29.7 Å². The molecule has 0 fully saturated rings. The highest BCUT2D eigenvalue weighted by Crippen LogP contribution is 2.34. The molecule has 2 aromatic rings. The van der Waals surface area contributed by atoms with Crippen LogP contribution in [0.1, 0.15) is 15.9 Å². The second-order valence-electron chi connectivity index (χ2n) is 4.53. The first-order chi connectivity index (χ1) is 9.92. The topological polar surface area (TPSA) is 84.6 Å². The number of nitrogen functional groups attached to an aromatic ring is 1. The van der Waals surface area contributed by atoms with Gasteiger partial charge in [0.15, 0.2) is 0 Å². The Kier molecular flexibility index (Phi) is 4.23. The average Bonchev–Trinajstić information content (AvgIpc) is 2.44. The molecule has 0 aromatic heterocycles. The molecule has 0 saturated carbocycles. The van der Waals surface area contributed by atoms with Crippen molar-refractivity contribution >= 4 is 34.6 Å². The molecule has 6 heteroatoms. The van der Waals surface area contributed by atoms with Gasteiger partial charge < -0.3 is 20.9 Å². The summed E-state index contributed by atoms with van der Waals surface area (Å²) < 4.78 is 5.27. The van der Waals surface area contributed by atoms with E-state index in [-0.39, 0.29) is 5.56 Å². The Morgan fingerprint density at radius 2 is 2.00 bits per heavy atom. The van der Waals surface area contributed by atoms with Crippen LogP contribution >= 0.6 is 11.6 Å². The Balaban J connectivity index is 2.38. The quantitative estimate of drug-likeness (QED) is 0.750. The van der Waals surface area contributed by atoms with E-state index in [1.54, 1.807) is 19.2 Å². The second-order valence-corrected chi connectivity index (χ2v) is 4.94. The number of carbonyl (C=O) groups is 1. The Morgan fingerprint density at radius 3 is 2.57 bits per heavy atom. The van der Waals surface area contributed by atoms with Crippen LogP contribution in [0.3, 0.4) is 0 Å². The van der Waals surface area contributed by atoms with Crippen LogP contribution in [0.25, 0.3) is 0 Å². The maximum Gasteiger partial charge on any atom is 0.335 e. The Bertz CT molecular complexity index is 702. The van der Waals surface area contributed by atoms with Crippen molar-refractivity contribution in [3.63, 3.8) is 0 Å². The lowest BCUT2D eigenvalue weighted by Crippen LogP contribution is -2.02. The van der Waals surface area contributed by atoms with E-state index in [0.29, 0.717) is 27.8 Å². The minimum absolute atomic E-state index is 0.136. The smallest absolute Gasteiger partial charge is 0.335 e. The normalized spacial score (nSPS) is 10.2. The van der Waals surface area contributed by atoms with E-state index < -0.39 is 5.97 Å².